The fourth-order valence-electron chi connectivity index (χ4n) is 4.50. The van der Waals surface area contributed by atoms with Gasteiger partial charge in [-0.1, -0.05) is 23.7 Å². The molecule has 10 heteroatoms. The zero-order chi connectivity index (χ0) is 22.6. The van der Waals surface area contributed by atoms with Crippen LogP contribution in [-0.2, 0) is 0 Å². The molecular weight excluding hydrogens is 498 g/mol. The summed E-state index contributed by atoms with van der Waals surface area (Å²) in [6, 6.07) is 8.96. The van der Waals surface area contributed by atoms with Crippen LogP contribution in [0.25, 0.3) is 21.9 Å². The highest BCUT2D eigenvalue weighted by Gasteiger charge is 2.52. The summed E-state index contributed by atoms with van der Waals surface area (Å²) in [5, 5.41) is 24.1. The molecule has 1 aliphatic carbocycles. The van der Waals surface area contributed by atoms with Crippen LogP contribution in [0.3, 0.4) is 0 Å². The van der Waals surface area contributed by atoms with Gasteiger partial charge in [0.2, 0.25) is 0 Å². The summed E-state index contributed by atoms with van der Waals surface area (Å²) in [7, 11) is 0. The smallest absolute Gasteiger partial charge is 0.146 e. The zero-order valence-corrected chi connectivity index (χ0v) is 19.5. The minimum Gasteiger partial charge on any atom is -0.491 e. The van der Waals surface area contributed by atoms with Gasteiger partial charge in [0.05, 0.1) is 29.2 Å². The van der Waals surface area contributed by atoms with Gasteiger partial charge in [-0.25, -0.2) is 15.0 Å². The molecule has 0 bridgehead atoms. The number of nitrogens with two attached hydrogens (primary N) is 1. The van der Waals surface area contributed by atoms with Crippen molar-refractivity contribution < 1.29 is 14.9 Å². The molecule has 8 nitrogen and oxygen atoms in total. The largest absolute Gasteiger partial charge is 0.491 e. The van der Waals surface area contributed by atoms with Crippen molar-refractivity contribution in [3.05, 3.63) is 52.5 Å². The van der Waals surface area contributed by atoms with E-state index in [0.717, 1.165) is 10.9 Å². The third kappa shape index (κ3) is 3.31. The minimum absolute atomic E-state index is 0.182. The quantitative estimate of drug-likeness (QED) is 0.352. The number of benzene rings is 1. The Balaban J connectivity index is 1.45. The van der Waals surface area contributed by atoms with E-state index in [-0.39, 0.29) is 12.5 Å². The number of para-hydroxylation sites is 1. The lowest BCUT2D eigenvalue weighted by atomic mass is 9.92. The molecule has 1 saturated carbocycles. The number of fused-ring (bicyclic) bond motifs is 2. The van der Waals surface area contributed by atoms with Gasteiger partial charge >= 0.3 is 0 Å². The maximum absolute atomic E-state index is 11.2. The predicted octanol–water partition coefficient (Wildman–Crippen LogP) is 3.73. The molecule has 4 N–H and O–H groups in total. The molecule has 0 saturated heterocycles. The second-order valence-corrected chi connectivity index (χ2v) is 9.41. The number of aromatic nitrogens is 4. The van der Waals surface area contributed by atoms with Gasteiger partial charge in [0.25, 0.3) is 0 Å². The number of anilines is 1. The molecule has 0 radical (unpaired) electrons. The van der Waals surface area contributed by atoms with Crippen molar-refractivity contribution in [2.24, 2.45) is 5.92 Å². The summed E-state index contributed by atoms with van der Waals surface area (Å²) in [6.45, 7) is 1.81. The number of pyridine rings is 1. The van der Waals surface area contributed by atoms with Crippen LogP contribution >= 0.6 is 27.5 Å². The molecule has 0 amide bonds. The number of ether oxygens (including phenoxy) is 1. The monoisotopic (exact) mass is 517 g/mol. The highest BCUT2D eigenvalue weighted by atomic mass is 79.9. The Kier molecular flexibility index (Phi) is 5.24. The second kappa shape index (κ2) is 7.84. The van der Waals surface area contributed by atoms with Crippen LogP contribution < -0.4 is 10.5 Å². The Morgan fingerprint density at radius 1 is 1.28 bits per heavy atom. The van der Waals surface area contributed by atoms with Crippen molar-refractivity contribution >= 4 is 55.3 Å². The molecule has 1 aliphatic rings. The van der Waals surface area contributed by atoms with Crippen LogP contribution in [-0.4, -0.2) is 48.0 Å². The number of hydrogen-bond donors (Lipinski definition) is 3. The fraction of sp³-hybridized carbons (Fsp3) is 0.318. The first-order chi connectivity index (χ1) is 15.3. The van der Waals surface area contributed by atoms with Gasteiger partial charge < -0.3 is 25.3 Å². The number of aliphatic hydroxyl groups is 2. The van der Waals surface area contributed by atoms with Crippen LogP contribution in [0.4, 0.5) is 5.82 Å². The normalized spacial score (nSPS) is 25.6. The van der Waals surface area contributed by atoms with Crippen LogP contribution in [0.2, 0.25) is 5.15 Å². The van der Waals surface area contributed by atoms with E-state index < -0.39 is 17.7 Å². The van der Waals surface area contributed by atoms with E-state index in [9.17, 15) is 10.2 Å². The van der Waals surface area contributed by atoms with E-state index in [4.69, 9.17) is 22.1 Å². The van der Waals surface area contributed by atoms with Crippen LogP contribution in [0.15, 0.2) is 47.3 Å². The molecule has 32 heavy (non-hydrogen) atoms. The van der Waals surface area contributed by atoms with Gasteiger partial charge in [0, 0.05) is 17.5 Å². The first kappa shape index (κ1) is 21.4. The first-order valence-corrected chi connectivity index (χ1v) is 11.3. The standard InChI is InChI=1S/C22H21BrClN5O3/c1-22(31)11(9-32-17-12-4-2-3-5-14(12)28-20(25)16(17)23)8-15(18(22)30)29-7-6-13-19(24)26-10-27-21(13)29/h2-7,10-11,15,18,30-31H,8-9H2,1H3,(H2,25,28)/t11-,15-,18+,22-/m1/s1. The maximum Gasteiger partial charge on any atom is 0.146 e. The van der Waals surface area contributed by atoms with Crippen molar-refractivity contribution in [1.82, 2.24) is 19.5 Å². The van der Waals surface area contributed by atoms with E-state index in [2.05, 4.69) is 30.9 Å². The molecule has 4 aromatic rings. The highest BCUT2D eigenvalue weighted by molar-refractivity contribution is 9.10. The molecule has 166 valence electrons. The highest BCUT2D eigenvalue weighted by Crippen LogP contribution is 2.45. The van der Waals surface area contributed by atoms with E-state index in [1.165, 1.54) is 6.33 Å². The molecule has 1 fully saturated rings. The summed E-state index contributed by atoms with van der Waals surface area (Å²) < 4.78 is 8.59. The van der Waals surface area contributed by atoms with Gasteiger partial charge in [-0.15, -0.1) is 0 Å². The summed E-state index contributed by atoms with van der Waals surface area (Å²) in [6.07, 6.45) is 2.66. The topological polar surface area (TPSA) is 119 Å². The predicted molar refractivity (Wildman–Crippen MR) is 126 cm³/mol. The van der Waals surface area contributed by atoms with Crippen LogP contribution in [0, 0.1) is 5.92 Å². The summed E-state index contributed by atoms with van der Waals surface area (Å²) in [4.78, 5) is 12.7. The zero-order valence-electron chi connectivity index (χ0n) is 17.1. The summed E-state index contributed by atoms with van der Waals surface area (Å²) >= 11 is 9.65. The van der Waals surface area contributed by atoms with Gasteiger partial charge in [0.15, 0.2) is 0 Å². The Morgan fingerprint density at radius 3 is 2.88 bits per heavy atom. The molecule has 0 spiro atoms. The van der Waals surface area contributed by atoms with Crippen molar-refractivity contribution in [2.75, 3.05) is 12.3 Å². The van der Waals surface area contributed by atoms with E-state index in [1.54, 1.807) is 6.92 Å². The van der Waals surface area contributed by atoms with E-state index >= 15 is 0 Å². The van der Waals surface area contributed by atoms with Gasteiger partial charge in [0.1, 0.15) is 39.3 Å². The lowest BCUT2D eigenvalue weighted by Gasteiger charge is -2.29. The van der Waals surface area contributed by atoms with Crippen molar-refractivity contribution in [2.45, 2.75) is 31.1 Å². The molecule has 4 atom stereocenters. The number of nitrogen functional groups attached to an aromatic ring is 1. The Morgan fingerprint density at radius 2 is 2.06 bits per heavy atom. The molecule has 5 rings (SSSR count). The van der Waals surface area contributed by atoms with E-state index in [1.807, 2.05) is 41.1 Å². The van der Waals surface area contributed by atoms with E-state index in [0.29, 0.717) is 38.6 Å². The van der Waals surface area contributed by atoms with Gasteiger partial charge in [-0.3, -0.25) is 0 Å². The Labute approximate surface area is 197 Å². The number of aliphatic hydroxyl groups excluding tert-OH is 1. The first-order valence-electron chi connectivity index (χ1n) is 10.1. The van der Waals surface area contributed by atoms with Crippen molar-refractivity contribution in [1.29, 1.82) is 0 Å². The van der Waals surface area contributed by atoms with Crippen LogP contribution in [0.5, 0.6) is 5.75 Å². The lowest BCUT2D eigenvalue weighted by molar-refractivity contribution is -0.0820. The molecule has 1 aromatic carbocycles. The second-order valence-electron chi connectivity index (χ2n) is 8.26. The molecule has 3 heterocycles. The fourth-order valence-corrected chi connectivity index (χ4v) is 5.11. The molecule has 0 aliphatic heterocycles. The minimum atomic E-state index is -1.38. The average Bonchev–Trinajstić information content (AvgIpc) is 3.29. The Hall–Kier alpha value is -2.46. The summed E-state index contributed by atoms with van der Waals surface area (Å²) in [5.41, 5.74) is 6.00. The third-order valence-corrected chi connectivity index (χ3v) is 7.44. The van der Waals surface area contributed by atoms with Crippen molar-refractivity contribution in [3.8, 4) is 5.75 Å². The Bertz CT molecular complexity index is 1330. The summed E-state index contributed by atoms with van der Waals surface area (Å²) in [5.74, 6) is 0.537. The number of nitrogens with zero attached hydrogens (tertiary/aromatic N) is 4. The number of halogens is 2. The van der Waals surface area contributed by atoms with Gasteiger partial charge in [-0.05, 0) is 47.5 Å². The molecular formula is C22H21BrClN5O3. The average molecular weight is 519 g/mol. The maximum atomic E-state index is 11.2. The van der Waals surface area contributed by atoms with Crippen molar-refractivity contribution in [3.63, 3.8) is 0 Å². The number of hydrogen-bond acceptors (Lipinski definition) is 7. The number of rotatable bonds is 4. The van der Waals surface area contributed by atoms with Crippen LogP contribution in [0.1, 0.15) is 19.4 Å². The third-order valence-electron chi connectivity index (χ3n) is 6.38. The van der Waals surface area contributed by atoms with Gasteiger partial charge in [-0.2, -0.15) is 0 Å². The lowest BCUT2D eigenvalue weighted by Crippen LogP contribution is -2.43. The molecule has 0 unspecified atom stereocenters. The molecule has 3 aromatic heterocycles. The SMILES string of the molecule is C[C@@]1(O)[C@@H](COc2c(Br)c(N)nc3ccccc23)C[C@@H](n2ccc3c(Cl)ncnc32)[C@@H]1O.